The number of methoxy groups -OCH3 is 2. The Hall–Kier alpha value is -5.50. The number of aromatic amines is 2. The molecule has 0 bridgehead atoms. The number of amides is 3. The smallest absolute Gasteiger partial charge is 0.407 e. The topological polar surface area (TPSA) is 163 Å². The number of hydrogen-bond acceptors (Lipinski definition) is 9. The normalized spacial score (nSPS) is 18.0. The molecule has 2 aliphatic rings. The molecule has 2 aromatic carbocycles. The second kappa shape index (κ2) is 16.9. The fourth-order valence-corrected chi connectivity index (χ4v) is 9.05. The van der Waals surface area contributed by atoms with E-state index < -0.39 is 18.1 Å². The van der Waals surface area contributed by atoms with Gasteiger partial charge in [0.05, 0.1) is 67.3 Å². The number of fused-ring (bicyclic) bond motifs is 1. The molecule has 3 aromatic heterocycles. The van der Waals surface area contributed by atoms with Crippen LogP contribution in [-0.2, 0) is 23.9 Å². The van der Waals surface area contributed by atoms with Crippen molar-refractivity contribution in [3.63, 3.8) is 0 Å². The van der Waals surface area contributed by atoms with Gasteiger partial charge in [0.15, 0.2) is 0 Å². The summed E-state index contributed by atoms with van der Waals surface area (Å²) in [4.78, 5) is 73.6. The van der Waals surface area contributed by atoms with Crippen molar-refractivity contribution in [2.24, 2.45) is 17.8 Å². The maximum atomic E-state index is 13.6. The zero-order chi connectivity index (χ0) is 40.4. The van der Waals surface area contributed by atoms with Crippen molar-refractivity contribution >= 4 is 46.0 Å². The van der Waals surface area contributed by atoms with Crippen LogP contribution in [0.5, 0.6) is 0 Å². The van der Waals surface area contributed by atoms with Crippen molar-refractivity contribution in [1.29, 1.82) is 0 Å². The Morgan fingerprint density at radius 3 is 1.95 bits per heavy atom. The second-order valence-corrected chi connectivity index (χ2v) is 16.8. The Balaban J connectivity index is 1.04. The molecule has 300 valence electrons. The van der Waals surface area contributed by atoms with Gasteiger partial charge in [0.25, 0.3) is 0 Å². The van der Waals surface area contributed by atoms with Crippen LogP contribution in [-0.4, -0.2) is 87.0 Å². The summed E-state index contributed by atoms with van der Waals surface area (Å²) in [5, 5.41) is 4.91. The van der Waals surface area contributed by atoms with Gasteiger partial charge in [-0.1, -0.05) is 52.0 Å². The fraction of sp³-hybridized carbons (Fsp3) is 0.442. The molecular formula is C43H51N7O6S. The minimum atomic E-state index is -0.685. The molecule has 2 saturated heterocycles. The Kier molecular flexibility index (Phi) is 11.8. The molecule has 5 aromatic rings. The first-order valence-electron chi connectivity index (χ1n) is 19.7. The minimum Gasteiger partial charge on any atom is -0.469 e. The van der Waals surface area contributed by atoms with Crippen molar-refractivity contribution in [2.75, 3.05) is 27.3 Å². The summed E-state index contributed by atoms with van der Waals surface area (Å²) in [6, 6.07) is 16.0. The predicted molar refractivity (Wildman–Crippen MR) is 219 cm³/mol. The molecule has 57 heavy (non-hydrogen) atoms. The zero-order valence-corrected chi connectivity index (χ0v) is 34.2. The van der Waals surface area contributed by atoms with Crippen molar-refractivity contribution in [3.05, 3.63) is 72.6 Å². The number of carbonyl (C=O) groups excluding carboxylic acids is 4. The van der Waals surface area contributed by atoms with Crippen LogP contribution in [0.3, 0.4) is 0 Å². The van der Waals surface area contributed by atoms with E-state index in [1.54, 1.807) is 11.3 Å². The molecule has 4 atom stereocenters. The summed E-state index contributed by atoms with van der Waals surface area (Å²) >= 11 is 1.68. The Labute approximate surface area is 336 Å². The van der Waals surface area contributed by atoms with Crippen molar-refractivity contribution < 1.29 is 28.7 Å². The number of nitrogens with one attached hydrogen (secondary N) is 3. The molecule has 2 fully saturated rings. The molecule has 7 rings (SSSR count). The first kappa shape index (κ1) is 39.7. The maximum Gasteiger partial charge on any atom is 0.407 e. The number of hydrogen-bond donors (Lipinski definition) is 3. The van der Waals surface area contributed by atoms with E-state index in [0.29, 0.717) is 13.1 Å². The monoisotopic (exact) mass is 793 g/mol. The maximum absolute atomic E-state index is 13.6. The summed E-state index contributed by atoms with van der Waals surface area (Å²) in [5.74, 6) is 0.425. The largest absolute Gasteiger partial charge is 0.469 e. The number of esters is 1. The summed E-state index contributed by atoms with van der Waals surface area (Å²) in [6.45, 7) is 8.98. The van der Waals surface area contributed by atoms with E-state index in [0.717, 1.165) is 80.4 Å². The lowest BCUT2D eigenvalue weighted by atomic mass is 9.91. The third-order valence-corrected chi connectivity index (χ3v) is 12.5. The van der Waals surface area contributed by atoms with E-state index in [4.69, 9.17) is 19.4 Å². The van der Waals surface area contributed by atoms with Gasteiger partial charge in [-0.25, -0.2) is 14.8 Å². The molecule has 0 radical (unpaired) electrons. The Bertz CT molecular complexity index is 2260. The van der Waals surface area contributed by atoms with Crippen LogP contribution in [0.4, 0.5) is 4.79 Å². The van der Waals surface area contributed by atoms with Gasteiger partial charge < -0.3 is 34.6 Å². The van der Waals surface area contributed by atoms with E-state index in [1.165, 1.54) is 14.2 Å². The van der Waals surface area contributed by atoms with Crippen molar-refractivity contribution in [2.45, 2.75) is 77.9 Å². The molecule has 14 heteroatoms. The number of rotatable bonds is 12. The Morgan fingerprint density at radius 2 is 1.33 bits per heavy atom. The van der Waals surface area contributed by atoms with Crippen LogP contribution in [0.15, 0.2) is 60.9 Å². The number of imidazole rings is 2. The number of thiophene rings is 1. The fourth-order valence-electron chi connectivity index (χ4n) is 8.08. The van der Waals surface area contributed by atoms with E-state index in [1.807, 2.05) is 49.9 Å². The predicted octanol–water partition coefficient (Wildman–Crippen LogP) is 7.89. The second-order valence-electron chi connectivity index (χ2n) is 15.7. The Morgan fingerprint density at radius 1 is 0.754 bits per heavy atom. The van der Waals surface area contributed by atoms with Crippen LogP contribution in [0.25, 0.3) is 43.0 Å². The molecule has 3 amide bonds. The van der Waals surface area contributed by atoms with Crippen molar-refractivity contribution in [1.82, 2.24) is 35.1 Å². The molecule has 0 saturated carbocycles. The lowest BCUT2D eigenvalue weighted by Crippen LogP contribution is -2.51. The number of H-pyrrole nitrogens is 2. The molecule has 0 aliphatic carbocycles. The van der Waals surface area contributed by atoms with Gasteiger partial charge in [0.1, 0.15) is 17.7 Å². The quantitative estimate of drug-likeness (QED) is 0.107. The molecule has 5 heterocycles. The zero-order valence-electron chi connectivity index (χ0n) is 33.3. The number of benzene rings is 2. The van der Waals surface area contributed by atoms with Gasteiger partial charge in [0.2, 0.25) is 11.8 Å². The minimum absolute atomic E-state index is 0.00569. The molecule has 3 N–H and O–H groups in total. The highest BCUT2D eigenvalue weighted by atomic mass is 32.1. The number of aromatic nitrogens is 4. The van der Waals surface area contributed by atoms with Crippen LogP contribution in [0.1, 0.15) is 83.5 Å². The molecule has 13 nitrogen and oxygen atoms in total. The first-order chi connectivity index (χ1) is 27.4. The van der Waals surface area contributed by atoms with Crippen LogP contribution >= 0.6 is 11.3 Å². The summed E-state index contributed by atoms with van der Waals surface area (Å²) in [5.41, 5.74) is 3.89. The highest BCUT2D eigenvalue weighted by Crippen LogP contribution is 2.39. The number of carbonyl (C=O) groups is 4. The lowest BCUT2D eigenvalue weighted by molar-refractivity contribution is -0.148. The molecular weight excluding hydrogens is 743 g/mol. The number of nitrogens with zero attached hydrogens (tertiary/aromatic N) is 4. The SMILES string of the molecule is COC(=O)C[C@H](C(=O)N1CCCC1c1ncc(-c2ccc3cc(-c4ccc(-c5cnc(C6CCCN6C(=O)[C@@H](NC(=O)OC)C(C)C)[nH]5)s4)ccc3c2)[nH]1)C(C)C. The van der Waals surface area contributed by atoms with E-state index >= 15 is 0 Å². The van der Waals surface area contributed by atoms with Gasteiger partial charge >= 0.3 is 12.1 Å². The third-order valence-electron chi connectivity index (χ3n) is 11.3. The summed E-state index contributed by atoms with van der Waals surface area (Å²) < 4.78 is 9.64. The van der Waals surface area contributed by atoms with Gasteiger partial charge in [-0.05, 0) is 78.1 Å². The van der Waals surface area contributed by atoms with Crippen molar-refractivity contribution in [3.8, 4) is 32.3 Å². The third kappa shape index (κ3) is 8.32. The van der Waals surface area contributed by atoms with Crippen LogP contribution < -0.4 is 5.32 Å². The molecule has 2 unspecified atom stereocenters. The average Bonchev–Trinajstić information content (AvgIpc) is 4.06. The average molecular weight is 794 g/mol. The molecule has 0 spiro atoms. The number of alkyl carbamates (subject to hydrolysis) is 1. The van der Waals surface area contributed by atoms with E-state index in [2.05, 4.69) is 63.8 Å². The lowest BCUT2D eigenvalue weighted by Gasteiger charge is -2.30. The highest BCUT2D eigenvalue weighted by Gasteiger charge is 2.39. The van der Waals surface area contributed by atoms with Gasteiger partial charge in [-0.3, -0.25) is 14.4 Å². The van der Waals surface area contributed by atoms with Crippen LogP contribution in [0.2, 0.25) is 0 Å². The number of ether oxygens (including phenoxy) is 2. The summed E-state index contributed by atoms with van der Waals surface area (Å²) in [6.07, 6.45) is 6.44. The summed E-state index contributed by atoms with van der Waals surface area (Å²) in [7, 11) is 2.65. The van der Waals surface area contributed by atoms with E-state index in [9.17, 15) is 19.2 Å². The van der Waals surface area contributed by atoms with Gasteiger partial charge in [-0.2, -0.15) is 0 Å². The van der Waals surface area contributed by atoms with Crippen LogP contribution in [0, 0.1) is 17.8 Å². The van der Waals surface area contributed by atoms with Gasteiger partial charge in [0, 0.05) is 23.5 Å². The van der Waals surface area contributed by atoms with Gasteiger partial charge in [-0.15, -0.1) is 11.3 Å². The first-order valence-corrected chi connectivity index (χ1v) is 20.5. The number of likely N-dealkylation sites (tertiary alicyclic amines) is 2. The molecule has 2 aliphatic heterocycles. The van der Waals surface area contributed by atoms with E-state index in [-0.39, 0.29) is 48.1 Å². The standard InChI is InChI=1S/C43H51N7O6S/c1-24(2)30(21-37(51)55-5)41(52)49-17-7-9-33(49)39-44-22-31(46-39)28-13-11-27-20-29(14-12-26(27)19-28)35-15-16-36(57-35)32-23-45-40(47-32)34-10-8-18-50(34)42(53)38(25(3)4)48-43(54)56-6/h11-16,19-20,22-25,30,33-34,38H,7-10,17-18,21H2,1-6H3,(H,44,46)(H,45,47)(H,48,54)/t30-,33?,34?,38-/m0/s1. The highest BCUT2D eigenvalue weighted by molar-refractivity contribution is 7.18.